The van der Waals surface area contributed by atoms with Crippen LogP contribution in [0.1, 0.15) is 10.7 Å². The molecule has 2 heterocycles. The van der Waals surface area contributed by atoms with Crippen molar-refractivity contribution in [1.82, 2.24) is 14.9 Å². The van der Waals surface area contributed by atoms with Crippen LogP contribution in [0.2, 0.25) is 0 Å². The van der Waals surface area contributed by atoms with Crippen molar-refractivity contribution in [2.45, 2.75) is 18.7 Å². The fraction of sp³-hybridized carbons (Fsp3) is 0.294. The van der Waals surface area contributed by atoms with Gasteiger partial charge in [-0.3, -0.25) is 4.79 Å². The number of fused-ring (bicyclic) bond motifs is 1. The first-order valence-electron chi connectivity index (χ1n) is 7.50. The number of amides is 1. The van der Waals surface area contributed by atoms with Gasteiger partial charge in [-0.05, 0) is 36.3 Å². The van der Waals surface area contributed by atoms with Crippen LogP contribution in [-0.4, -0.2) is 28.3 Å². The molecule has 0 bridgehead atoms. The molecule has 0 unspecified atom stereocenters. The summed E-state index contributed by atoms with van der Waals surface area (Å²) in [5.74, 6) is 1.79. The van der Waals surface area contributed by atoms with Gasteiger partial charge < -0.3 is 9.88 Å². The van der Waals surface area contributed by atoms with Crippen LogP contribution in [0.5, 0.6) is 0 Å². The predicted octanol–water partition coefficient (Wildman–Crippen LogP) is 3.32. The molecule has 0 spiro atoms. The molecule has 1 amide bonds. The Balaban J connectivity index is 1.67. The molecule has 0 fully saturated rings. The van der Waals surface area contributed by atoms with E-state index in [1.165, 1.54) is 4.88 Å². The van der Waals surface area contributed by atoms with Crippen molar-refractivity contribution in [2.24, 2.45) is 0 Å². The van der Waals surface area contributed by atoms with Crippen LogP contribution in [0.3, 0.4) is 0 Å². The van der Waals surface area contributed by atoms with Gasteiger partial charge in [-0.15, -0.1) is 11.3 Å². The van der Waals surface area contributed by atoms with Crippen LogP contribution >= 0.6 is 23.1 Å². The van der Waals surface area contributed by atoms with Crippen LogP contribution < -0.4 is 5.32 Å². The Kier molecular flexibility index (Phi) is 5.35. The minimum Gasteiger partial charge on any atom is -0.354 e. The lowest BCUT2D eigenvalue weighted by molar-refractivity contribution is -0.121. The average molecular weight is 345 g/mol. The van der Waals surface area contributed by atoms with E-state index >= 15 is 0 Å². The van der Waals surface area contributed by atoms with E-state index in [1.54, 1.807) is 23.1 Å². The second-order valence-corrected chi connectivity index (χ2v) is 7.11. The molecule has 0 atom stereocenters. The molecule has 0 radical (unpaired) electrons. The van der Waals surface area contributed by atoms with Gasteiger partial charge in [-0.25, -0.2) is 4.98 Å². The van der Waals surface area contributed by atoms with Crippen LogP contribution in [-0.2, 0) is 23.5 Å². The number of aromatic nitrogens is 2. The number of imidazole rings is 1. The molecule has 4 nitrogen and oxygen atoms in total. The Bertz CT molecular complexity index is 780. The third kappa shape index (κ3) is 3.95. The van der Waals surface area contributed by atoms with Crippen molar-refractivity contribution in [3.63, 3.8) is 0 Å². The minimum atomic E-state index is 0.0343. The molecule has 0 aliphatic rings. The summed E-state index contributed by atoms with van der Waals surface area (Å²) in [6.07, 6.45) is 2.93. The maximum Gasteiger partial charge on any atom is 0.240 e. The largest absolute Gasteiger partial charge is 0.354 e. The summed E-state index contributed by atoms with van der Waals surface area (Å²) >= 11 is 3.44. The zero-order valence-electron chi connectivity index (χ0n) is 13.0. The number of hydrogen-bond donors (Lipinski definition) is 1. The standard InChI is InChI=1S/C17H19N3OS2/c1-22-12-16-19-14-6-2-3-7-15(14)20(16)11-17(21)18-9-8-13-5-4-10-23-13/h2-7,10H,8-9,11-12H2,1H3,(H,18,21). The van der Waals surface area contributed by atoms with E-state index in [1.807, 2.05) is 41.2 Å². The summed E-state index contributed by atoms with van der Waals surface area (Å²) in [6, 6.07) is 12.1. The summed E-state index contributed by atoms with van der Waals surface area (Å²) in [4.78, 5) is 18.2. The van der Waals surface area contributed by atoms with Crippen molar-refractivity contribution in [1.29, 1.82) is 0 Å². The fourth-order valence-electron chi connectivity index (χ4n) is 2.52. The summed E-state index contributed by atoms with van der Waals surface area (Å²) in [7, 11) is 0. The van der Waals surface area contributed by atoms with E-state index in [0.29, 0.717) is 13.1 Å². The van der Waals surface area contributed by atoms with E-state index in [-0.39, 0.29) is 5.91 Å². The zero-order chi connectivity index (χ0) is 16.1. The van der Waals surface area contributed by atoms with E-state index in [0.717, 1.165) is 29.0 Å². The van der Waals surface area contributed by atoms with E-state index in [9.17, 15) is 4.79 Å². The number of thiophene rings is 1. The lowest BCUT2D eigenvalue weighted by Gasteiger charge is -2.09. The van der Waals surface area contributed by atoms with Crippen LogP contribution in [0.15, 0.2) is 41.8 Å². The van der Waals surface area contributed by atoms with Crippen LogP contribution in [0, 0.1) is 0 Å². The van der Waals surface area contributed by atoms with Gasteiger partial charge in [0.05, 0.1) is 16.8 Å². The van der Waals surface area contributed by atoms with Crippen molar-refractivity contribution in [2.75, 3.05) is 12.8 Å². The maximum absolute atomic E-state index is 12.3. The quantitative estimate of drug-likeness (QED) is 0.714. The first kappa shape index (κ1) is 16.1. The van der Waals surface area contributed by atoms with Crippen LogP contribution in [0.4, 0.5) is 0 Å². The number of carbonyl (C=O) groups is 1. The van der Waals surface area contributed by atoms with E-state index < -0.39 is 0 Å². The smallest absolute Gasteiger partial charge is 0.240 e. The third-order valence-corrected chi connectivity index (χ3v) is 5.07. The summed E-state index contributed by atoms with van der Waals surface area (Å²) in [6.45, 7) is 0.991. The van der Waals surface area contributed by atoms with E-state index in [4.69, 9.17) is 0 Å². The first-order chi connectivity index (χ1) is 11.3. The molecule has 2 aromatic heterocycles. The van der Waals surface area contributed by atoms with Gasteiger partial charge >= 0.3 is 0 Å². The molecule has 0 saturated heterocycles. The van der Waals surface area contributed by atoms with Gasteiger partial charge in [0.25, 0.3) is 0 Å². The molecule has 0 saturated carbocycles. The third-order valence-electron chi connectivity index (χ3n) is 3.58. The second-order valence-electron chi connectivity index (χ2n) is 5.22. The molecule has 23 heavy (non-hydrogen) atoms. The van der Waals surface area contributed by atoms with E-state index in [2.05, 4.69) is 21.7 Å². The van der Waals surface area contributed by atoms with Gasteiger partial charge in [-0.2, -0.15) is 11.8 Å². The highest BCUT2D eigenvalue weighted by atomic mass is 32.2. The maximum atomic E-state index is 12.3. The SMILES string of the molecule is CSCc1nc2ccccc2n1CC(=O)NCCc1cccs1. The highest BCUT2D eigenvalue weighted by Gasteiger charge is 2.12. The highest BCUT2D eigenvalue weighted by Crippen LogP contribution is 2.18. The average Bonchev–Trinajstić information content (AvgIpc) is 3.17. The Hall–Kier alpha value is -1.79. The van der Waals surface area contributed by atoms with Gasteiger partial charge in [-0.1, -0.05) is 18.2 Å². The van der Waals surface area contributed by atoms with Gasteiger partial charge in [0.1, 0.15) is 12.4 Å². The monoisotopic (exact) mass is 345 g/mol. The Morgan fingerprint density at radius 3 is 2.96 bits per heavy atom. The number of nitrogens with one attached hydrogen (secondary N) is 1. The van der Waals surface area contributed by atoms with Gasteiger partial charge in [0.15, 0.2) is 0 Å². The molecule has 1 aromatic carbocycles. The molecule has 6 heteroatoms. The lowest BCUT2D eigenvalue weighted by Crippen LogP contribution is -2.29. The van der Waals surface area contributed by atoms with Crippen molar-refractivity contribution < 1.29 is 4.79 Å². The van der Waals surface area contributed by atoms with Crippen molar-refractivity contribution in [3.05, 3.63) is 52.5 Å². The normalized spacial score (nSPS) is 11.0. The number of hydrogen-bond acceptors (Lipinski definition) is 4. The summed E-state index contributed by atoms with van der Waals surface area (Å²) in [5, 5.41) is 5.06. The first-order valence-corrected chi connectivity index (χ1v) is 9.77. The van der Waals surface area contributed by atoms with Crippen LogP contribution in [0.25, 0.3) is 11.0 Å². The lowest BCUT2D eigenvalue weighted by atomic mass is 10.3. The Morgan fingerprint density at radius 1 is 1.30 bits per heavy atom. The van der Waals surface area contributed by atoms with Crippen molar-refractivity contribution in [3.8, 4) is 0 Å². The molecule has 0 aliphatic heterocycles. The van der Waals surface area contributed by atoms with Gasteiger partial charge in [0, 0.05) is 11.4 Å². The molecule has 0 aliphatic carbocycles. The zero-order valence-corrected chi connectivity index (χ0v) is 14.6. The number of rotatable bonds is 7. The molecular formula is C17H19N3OS2. The molecule has 120 valence electrons. The number of para-hydroxylation sites is 2. The Labute approximate surface area is 143 Å². The Morgan fingerprint density at radius 2 is 2.17 bits per heavy atom. The molecule has 1 N–H and O–H groups in total. The second kappa shape index (κ2) is 7.66. The number of nitrogens with zero attached hydrogens (tertiary/aromatic N) is 2. The topological polar surface area (TPSA) is 46.9 Å². The molecular weight excluding hydrogens is 326 g/mol. The summed E-state index contributed by atoms with van der Waals surface area (Å²) in [5.41, 5.74) is 1.97. The van der Waals surface area contributed by atoms with Gasteiger partial charge in [0.2, 0.25) is 5.91 Å². The highest BCUT2D eigenvalue weighted by molar-refractivity contribution is 7.97. The molecule has 3 rings (SSSR count). The fourth-order valence-corrected chi connectivity index (χ4v) is 3.71. The summed E-state index contributed by atoms with van der Waals surface area (Å²) < 4.78 is 2.02. The number of thioether (sulfide) groups is 1. The predicted molar refractivity (Wildman–Crippen MR) is 98.0 cm³/mol. The number of carbonyl (C=O) groups excluding carboxylic acids is 1. The number of benzene rings is 1. The minimum absolute atomic E-state index is 0.0343. The van der Waals surface area contributed by atoms with Crippen molar-refractivity contribution >= 4 is 40.0 Å². The molecule has 3 aromatic rings.